The van der Waals surface area contributed by atoms with Gasteiger partial charge in [-0.2, -0.15) is 11.3 Å². The predicted molar refractivity (Wildman–Crippen MR) is 119 cm³/mol. The third-order valence-electron chi connectivity index (χ3n) is 4.91. The molecule has 160 valence electrons. The smallest absolute Gasteiger partial charge is 0.242 e. The number of thioether (sulfide) groups is 1. The number of thiophene rings is 1. The van der Waals surface area contributed by atoms with Crippen molar-refractivity contribution in [3.63, 3.8) is 0 Å². The molecular formula is C22H18ClFN2O3S2. The maximum Gasteiger partial charge on any atom is 0.242 e. The van der Waals surface area contributed by atoms with Crippen LogP contribution in [0.25, 0.3) is 0 Å². The van der Waals surface area contributed by atoms with Gasteiger partial charge in [0.05, 0.1) is 17.3 Å². The minimum Gasteiger partial charge on any atom is -0.478 e. The van der Waals surface area contributed by atoms with Gasteiger partial charge in [0.1, 0.15) is 16.6 Å². The molecule has 0 radical (unpaired) electrons. The standard InChI is InChI=1S/C22H18ClFN2O3S2/c1-2-29-19-5-3-4-18(25-19)22(13-8-9-30-12-13)11-16(27)20(21(28)26-22)31-17-7-6-14(24)10-15(17)23/h3-10,12,20H,2,11H2,1H3,(H,26,28). The molecule has 1 fully saturated rings. The fourth-order valence-electron chi connectivity index (χ4n) is 3.50. The number of hydrogen-bond donors (Lipinski definition) is 1. The van der Waals surface area contributed by atoms with E-state index in [9.17, 15) is 14.0 Å². The first kappa shape index (κ1) is 21.8. The summed E-state index contributed by atoms with van der Waals surface area (Å²) in [5.74, 6) is -0.767. The van der Waals surface area contributed by atoms with Gasteiger partial charge in [-0.1, -0.05) is 17.7 Å². The van der Waals surface area contributed by atoms with E-state index in [1.165, 1.54) is 23.5 Å². The number of nitrogens with one attached hydrogen (secondary N) is 1. The second-order valence-corrected chi connectivity index (χ2v) is 9.25. The topological polar surface area (TPSA) is 68.3 Å². The average Bonchev–Trinajstić information content (AvgIpc) is 3.28. The summed E-state index contributed by atoms with van der Waals surface area (Å²) in [6.07, 6.45) is 0.0224. The lowest BCUT2D eigenvalue weighted by atomic mass is 9.79. The molecule has 1 N–H and O–H groups in total. The zero-order chi connectivity index (χ0) is 22.0. The lowest BCUT2D eigenvalue weighted by molar-refractivity contribution is -0.133. The number of benzene rings is 1. The van der Waals surface area contributed by atoms with Crippen molar-refractivity contribution in [3.05, 3.63) is 75.3 Å². The van der Waals surface area contributed by atoms with Gasteiger partial charge in [-0.25, -0.2) is 9.37 Å². The highest BCUT2D eigenvalue weighted by Gasteiger charge is 2.48. The summed E-state index contributed by atoms with van der Waals surface area (Å²) in [5.41, 5.74) is 0.218. The Morgan fingerprint density at radius 3 is 2.84 bits per heavy atom. The van der Waals surface area contributed by atoms with Crippen LogP contribution < -0.4 is 10.1 Å². The fourth-order valence-corrected chi connectivity index (χ4v) is 5.49. The van der Waals surface area contributed by atoms with E-state index in [1.807, 2.05) is 23.8 Å². The van der Waals surface area contributed by atoms with Crippen LogP contribution in [0.5, 0.6) is 5.88 Å². The number of rotatable bonds is 6. The molecule has 1 aliphatic rings. The van der Waals surface area contributed by atoms with Crippen LogP contribution in [-0.2, 0) is 15.1 Å². The minimum absolute atomic E-state index is 0.0224. The van der Waals surface area contributed by atoms with E-state index in [-0.39, 0.29) is 17.2 Å². The average molecular weight is 477 g/mol. The van der Waals surface area contributed by atoms with Crippen molar-refractivity contribution in [1.82, 2.24) is 10.3 Å². The highest BCUT2D eigenvalue weighted by Crippen LogP contribution is 2.41. The quantitative estimate of drug-likeness (QED) is 0.516. The summed E-state index contributed by atoms with van der Waals surface area (Å²) in [6, 6.07) is 11.0. The zero-order valence-electron chi connectivity index (χ0n) is 16.4. The Balaban J connectivity index is 1.69. The zero-order valence-corrected chi connectivity index (χ0v) is 18.8. The molecule has 1 aromatic carbocycles. The largest absolute Gasteiger partial charge is 0.478 e. The van der Waals surface area contributed by atoms with Crippen LogP contribution in [0.3, 0.4) is 0 Å². The van der Waals surface area contributed by atoms with Gasteiger partial charge >= 0.3 is 0 Å². The number of ether oxygens (including phenoxy) is 1. The molecule has 1 amide bonds. The van der Waals surface area contributed by atoms with Crippen LogP contribution in [-0.4, -0.2) is 28.5 Å². The molecule has 3 aromatic rings. The number of nitrogens with zero attached hydrogens (tertiary/aromatic N) is 1. The number of hydrogen-bond acceptors (Lipinski definition) is 6. The number of carbonyl (C=O) groups is 2. The Kier molecular flexibility index (Phi) is 6.31. The van der Waals surface area contributed by atoms with Crippen molar-refractivity contribution in [2.45, 2.75) is 29.0 Å². The Bertz CT molecular complexity index is 1110. The monoisotopic (exact) mass is 476 g/mol. The summed E-state index contributed by atoms with van der Waals surface area (Å²) < 4.78 is 18.9. The van der Waals surface area contributed by atoms with Crippen LogP contribution in [0.15, 0.2) is 58.1 Å². The Morgan fingerprint density at radius 2 is 2.16 bits per heavy atom. The fraction of sp³-hybridized carbons (Fsp3) is 0.227. The molecular weight excluding hydrogens is 459 g/mol. The third kappa shape index (κ3) is 4.33. The number of aromatic nitrogens is 1. The highest BCUT2D eigenvalue weighted by atomic mass is 35.5. The number of halogens is 2. The van der Waals surface area contributed by atoms with Crippen molar-refractivity contribution >= 4 is 46.4 Å². The Morgan fingerprint density at radius 1 is 1.32 bits per heavy atom. The van der Waals surface area contributed by atoms with E-state index >= 15 is 0 Å². The number of amides is 1. The molecule has 5 nitrogen and oxygen atoms in total. The molecule has 0 bridgehead atoms. The van der Waals surface area contributed by atoms with E-state index < -0.39 is 22.5 Å². The molecule has 4 rings (SSSR count). The molecule has 0 aliphatic carbocycles. The predicted octanol–water partition coefficient (Wildman–Crippen LogP) is 4.83. The molecule has 0 spiro atoms. The number of piperidine rings is 1. The summed E-state index contributed by atoms with van der Waals surface area (Å²) in [6.45, 7) is 2.31. The SMILES string of the molecule is CCOc1cccc(C2(c3ccsc3)CC(=O)C(Sc3ccc(F)cc3Cl)C(=O)N2)n1. The van der Waals surface area contributed by atoms with E-state index in [2.05, 4.69) is 10.3 Å². The van der Waals surface area contributed by atoms with Gasteiger partial charge in [-0.3, -0.25) is 9.59 Å². The second kappa shape index (κ2) is 8.98. The molecule has 3 heterocycles. The number of ketones is 1. The first-order chi connectivity index (χ1) is 14.9. The normalized spacial score (nSPS) is 21.1. The second-order valence-electron chi connectivity index (χ2n) is 6.92. The van der Waals surface area contributed by atoms with Crippen molar-refractivity contribution < 1.29 is 18.7 Å². The van der Waals surface area contributed by atoms with Crippen molar-refractivity contribution in [3.8, 4) is 5.88 Å². The van der Waals surface area contributed by atoms with Crippen molar-refractivity contribution in [2.24, 2.45) is 0 Å². The summed E-state index contributed by atoms with van der Waals surface area (Å²) in [4.78, 5) is 31.4. The molecule has 1 aliphatic heterocycles. The summed E-state index contributed by atoms with van der Waals surface area (Å²) in [7, 11) is 0. The molecule has 2 aromatic heterocycles. The minimum atomic E-state index is -1.09. The molecule has 2 unspecified atom stereocenters. The first-order valence-corrected chi connectivity index (χ1v) is 11.7. The lowest BCUT2D eigenvalue weighted by Crippen LogP contribution is -2.58. The first-order valence-electron chi connectivity index (χ1n) is 9.52. The summed E-state index contributed by atoms with van der Waals surface area (Å²) >= 11 is 8.59. The molecule has 0 saturated carbocycles. The van der Waals surface area contributed by atoms with Gasteiger partial charge in [-0.15, -0.1) is 11.8 Å². The van der Waals surface area contributed by atoms with Crippen molar-refractivity contribution in [2.75, 3.05) is 6.61 Å². The number of carbonyl (C=O) groups excluding carboxylic acids is 2. The van der Waals surface area contributed by atoms with E-state index in [0.29, 0.717) is 23.1 Å². The van der Waals surface area contributed by atoms with Gasteiger partial charge in [0, 0.05) is 17.4 Å². The maximum absolute atomic E-state index is 13.4. The maximum atomic E-state index is 13.4. The van der Waals surface area contributed by atoms with Crippen molar-refractivity contribution in [1.29, 1.82) is 0 Å². The van der Waals surface area contributed by atoms with Crippen LogP contribution in [0.1, 0.15) is 24.6 Å². The van der Waals surface area contributed by atoms with Gasteiger partial charge in [0.2, 0.25) is 11.8 Å². The Labute approximate surface area is 192 Å². The van der Waals surface area contributed by atoms with Crippen LogP contribution in [0.4, 0.5) is 4.39 Å². The molecule has 1 saturated heterocycles. The third-order valence-corrected chi connectivity index (χ3v) is 7.34. The van der Waals surface area contributed by atoms with Gasteiger partial charge in [-0.05, 0) is 53.6 Å². The number of pyridine rings is 1. The van der Waals surface area contributed by atoms with Gasteiger partial charge < -0.3 is 10.1 Å². The molecule has 31 heavy (non-hydrogen) atoms. The number of Topliss-reactive ketones (excluding diaryl/α,β-unsaturated/α-hetero) is 1. The summed E-state index contributed by atoms with van der Waals surface area (Å²) in [5, 5.41) is 5.99. The highest BCUT2D eigenvalue weighted by molar-refractivity contribution is 8.01. The molecule has 2 atom stereocenters. The van der Waals surface area contributed by atoms with Crippen LogP contribution >= 0.6 is 34.7 Å². The van der Waals surface area contributed by atoms with Gasteiger partial charge in [0.25, 0.3) is 0 Å². The van der Waals surface area contributed by atoms with Crippen LogP contribution in [0, 0.1) is 5.82 Å². The van der Waals surface area contributed by atoms with Gasteiger partial charge in [0.15, 0.2) is 5.78 Å². The van der Waals surface area contributed by atoms with E-state index in [4.69, 9.17) is 16.3 Å². The van der Waals surface area contributed by atoms with E-state index in [0.717, 1.165) is 23.4 Å². The van der Waals surface area contributed by atoms with E-state index in [1.54, 1.807) is 18.2 Å². The van der Waals surface area contributed by atoms with Crippen LogP contribution in [0.2, 0.25) is 5.02 Å². The Hall–Kier alpha value is -2.42. The lowest BCUT2D eigenvalue weighted by Gasteiger charge is -2.39. The molecule has 9 heteroatoms.